The van der Waals surface area contributed by atoms with Gasteiger partial charge in [-0.05, 0) is 6.07 Å². The smallest absolute Gasteiger partial charge is 0.270 e. The van der Waals surface area contributed by atoms with E-state index in [9.17, 15) is 15.4 Å². The van der Waals surface area contributed by atoms with Crippen LogP contribution in [0.1, 0.15) is 17.0 Å². The Morgan fingerprint density at radius 1 is 1.31 bits per heavy atom. The molecule has 9 heteroatoms. The maximum atomic E-state index is 11.2. The Balaban J connectivity index is 1.97. The van der Waals surface area contributed by atoms with E-state index in [2.05, 4.69) is 16.3 Å². The number of nitro benzene ring substituents is 1. The van der Waals surface area contributed by atoms with Gasteiger partial charge in [-0.1, -0.05) is 30.3 Å². The number of methoxy groups -OCH3 is 1. The Hall–Kier alpha value is -4.32. The molecule has 1 atom stereocenters. The zero-order chi connectivity index (χ0) is 20.5. The molecule has 0 saturated carbocycles. The van der Waals surface area contributed by atoms with Crippen molar-refractivity contribution in [1.29, 1.82) is 5.26 Å². The average molecular weight is 389 g/mol. The number of allylic oxidation sites excluding steroid dienone is 1. The van der Waals surface area contributed by atoms with Crippen LogP contribution >= 0.6 is 0 Å². The van der Waals surface area contributed by atoms with Gasteiger partial charge in [0.15, 0.2) is 0 Å². The number of benzene rings is 2. The lowest BCUT2D eigenvalue weighted by atomic mass is 9.82. The van der Waals surface area contributed by atoms with Crippen LogP contribution in [0.2, 0.25) is 0 Å². The zero-order valence-electron chi connectivity index (χ0n) is 15.2. The number of nitrogens with one attached hydrogen (secondary N) is 1. The van der Waals surface area contributed by atoms with Gasteiger partial charge >= 0.3 is 0 Å². The van der Waals surface area contributed by atoms with Crippen LogP contribution in [-0.2, 0) is 0 Å². The van der Waals surface area contributed by atoms with Gasteiger partial charge in [-0.3, -0.25) is 15.2 Å². The number of nitriles is 1. The second-order valence-corrected chi connectivity index (χ2v) is 6.29. The molecule has 1 aliphatic rings. The highest BCUT2D eigenvalue weighted by Gasteiger charge is 2.37. The topological polar surface area (TPSA) is 140 Å². The molecule has 3 N–H and O–H groups in total. The standard InChI is InChI=1S/C20H15N5O4/c1-28-15-8-3-2-7-13(15)16-14(10-21)19(22)29-20-17(16)18(23-24-20)11-5-4-6-12(9-11)25(26)27/h2-9,16H,22H2,1H3,(H,23,24)/t16-/m1/s1. The first-order chi connectivity index (χ1) is 14.0. The van der Waals surface area contributed by atoms with E-state index in [1.165, 1.54) is 19.2 Å². The van der Waals surface area contributed by atoms with Gasteiger partial charge < -0.3 is 15.2 Å². The Morgan fingerprint density at radius 2 is 2.10 bits per heavy atom. The number of hydrogen-bond donors (Lipinski definition) is 2. The number of nitrogens with two attached hydrogens (primary N) is 1. The monoisotopic (exact) mass is 389 g/mol. The first-order valence-electron chi connectivity index (χ1n) is 8.58. The fraction of sp³-hybridized carbons (Fsp3) is 0.100. The summed E-state index contributed by atoms with van der Waals surface area (Å²) in [6, 6.07) is 15.5. The molecule has 0 aliphatic carbocycles. The van der Waals surface area contributed by atoms with Crippen LogP contribution in [0.25, 0.3) is 11.3 Å². The van der Waals surface area contributed by atoms with E-state index < -0.39 is 10.8 Å². The first kappa shape index (κ1) is 18.1. The SMILES string of the molecule is COc1ccccc1[C@@H]1C(C#N)=C(N)Oc2n[nH]c(-c3cccc([N+](=O)[O-])c3)c21. The number of para-hydroxylation sites is 1. The fourth-order valence-electron chi connectivity index (χ4n) is 3.46. The molecule has 2 heterocycles. The predicted molar refractivity (Wildman–Crippen MR) is 103 cm³/mol. The van der Waals surface area contributed by atoms with Crippen molar-refractivity contribution in [3.8, 4) is 29.0 Å². The van der Waals surface area contributed by atoms with E-state index in [0.29, 0.717) is 28.1 Å². The summed E-state index contributed by atoms with van der Waals surface area (Å²) in [5.41, 5.74) is 8.42. The fourth-order valence-corrected chi connectivity index (χ4v) is 3.46. The lowest BCUT2D eigenvalue weighted by molar-refractivity contribution is -0.384. The van der Waals surface area contributed by atoms with Gasteiger partial charge in [-0.15, -0.1) is 5.10 Å². The van der Waals surface area contributed by atoms with E-state index in [1.54, 1.807) is 18.2 Å². The van der Waals surface area contributed by atoms with E-state index >= 15 is 0 Å². The number of H-pyrrole nitrogens is 1. The highest BCUT2D eigenvalue weighted by atomic mass is 16.6. The van der Waals surface area contributed by atoms with Crippen LogP contribution in [0.4, 0.5) is 5.69 Å². The van der Waals surface area contributed by atoms with Gasteiger partial charge in [0.1, 0.15) is 17.4 Å². The number of rotatable bonds is 4. The molecule has 0 amide bonds. The molecule has 0 bridgehead atoms. The number of aromatic nitrogens is 2. The number of aromatic amines is 1. The van der Waals surface area contributed by atoms with E-state index in [0.717, 1.165) is 0 Å². The molecule has 0 fully saturated rings. The molecule has 0 unspecified atom stereocenters. The van der Waals surface area contributed by atoms with Crippen LogP contribution in [0.5, 0.6) is 11.6 Å². The van der Waals surface area contributed by atoms with Crippen LogP contribution in [0.3, 0.4) is 0 Å². The molecule has 3 aromatic rings. The Bertz CT molecular complexity index is 1190. The van der Waals surface area contributed by atoms with E-state index in [4.69, 9.17) is 15.2 Å². The number of fused-ring (bicyclic) bond motifs is 1. The molecule has 0 radical (unpaired) electrons. The zero-order valence-corrected chi connectivity index (χ0v) is 15.2. The Kier molecular flexibility index (Phi) is 4.37. The molecule has 1 aliphatic heterocycles. The van der Waals surface area contributed by atoms with Gasteiger partial charge in [-0.2, -0.15) is 5.26 Å². The summed E-state index contributed by atoms with van der Waals surface area (Å²) >= 11 is 0. The Morgan fingerprint density at radius 3 is 2.83 bits per heavy atom. The van der Waals surface area contributed by atoms with Crippen LogP contribution in [0.15, 0.2) is 60.0 Å². The lowest BCUT2D eigenvalue weighted by Crippen LogP contribution is -2.21. The normalized spacial score (nSPS) is 15.2. The summed E-state index contributed by atoms with van der Waals surface area (Å²) in [7, 11) is 1.54. The maximum absolute atomic E-state index is 11.2. The van der Waals surface area contributed by atoms with Crippen LogP contribution < -0.4 is 15.2 Å². The minimum atomic E-state index is -0.618. The minimum Gasteiger partial charge on any atom is -0.496 e. The van der Waals surface area contributed by atoms with Gasteiger partial charge in [0.05, 0.1) is 29.2 Å². The van der Waals surface area contributed by atoms with Crippen molar-refractivity contribution in [2.75, 3.05) is 7.11 Å². The van der Waals surface area contributed by atoms with Crippen molar-refractivity contribution in [2.24, 2.45) is 5.73 Å². The van der Waals surface area contributed by atoms with Crippen molar-refractivity contribution < 1.29 is 14.4 Å². The van der Waals surface area contributed by atoms with Gasteiger partial charge in [0.25, 0.3) is 5.69 Å². The van der Waals surface area contributed by atoms with Crippen molar-refractivity contribution in [3.05, 3.63) is 81.2 Å². The lowest BCUT2D eigenvalue weighted by Gasteiger charge is -2.25. The second-order valence-electron chi connectivity index (χ2n) is 6.29. The largest absolute Gasteiger partial charge is 0.496 e. The summed E-state index contributed by atoms with van der Waals surface area (Å²) in [6.45, 7) is 0. The summed E-state index contributed by atoms with van der Waals surface area (Å²) in [4.78, 5) is 10.7. The third-order valence-corrected chi connectivity index (χ3v) is 4.73. The Labute approximate surface area is 165 Å². The van der Waals surface area contributed by atoms with Crippen molar-refractivity contribution >= 4 is 5.69 Å². The molecular weight excluding hydrogens is 374 g/mol. The number of nitro groups is 1. The van der Waals surface area contributed by atoms with Gasteiger partial charge in [-0.25, -0.2) is 0 Å². The third-order valence-electron chi connectivity index (χ3n) is 4.73. The van der Waals surface area contributed by atoms with Crippen LogP contribution in [0, 0.1) is 21.4 Å². The molecule has 4 rings (SSSR count). The molecule has 1 aromatic heterocycles. The summed E-state index contributed by atoms with van der Waals surface area (Å²) in [5, 5.41) is 28.0. The summed E-state index contributed by atoms with van der Waals surface area (Å²) in [5.74, 6) is 0.108. The predicted octanol–water partition coefficient (Wildman–Crippen LogP) is 3.21. The maximum Gasteiger partial charge on any atom is 0.270 e. The van der Waals surface area contributed by atoms with Gasteiger partial charge in [0, 0.05) is 23.3 Å². The molecule has 2 aromatic carbocycles. The van der Waals surface area contributed by atoms with Crippen molar-refractivity contribution in [1.82, 2.24) is 10.2 Å². The number of hydrogen-bond acceptors (Lipinski definition) is 7. The molecule has 29 heavy (non-hydrogen) atoms. The minimum absolute atomic E-state index is 0.0481. The van der Waals surface area contributed by atoms with E-state index in [-0.39, 0.29) is 23.0 Å². The number of non-ortho nitro benzene ring substituents is 1. The molecule has 144 valence electrons. The molecular formula is C20H15N5O4. The second kappa shape index (κ2) is 7.01. The quantitative estimate of drug-likeness (QED) is 0.515. The third kappa shape index (κ3) is 2.93. The van der Waals surface area contributed by atoms with Crippen LogP contribution in [-0.4, -0.2) is 22.2 Å². The van der Waals surface area contributed by atoms with Crippen molar-refractivity contribution in [3.63, 3.8) is 0 Å². The number of ether oxygens (including phenoxy) is 2. The molecule has 9 nitrogen and oxygen atoms in total. The molecule has 0 saturated heterocycles. The van der Waals surface area contributed by atoms with Crippen molar-refractivity contribution in [2.45, 2.75) is 5.92 Å². The number of nitrogens with zero attached hydrogens (tertiary/aromatic N) is 3. The van der Waals surface area contributed by atoms with Gasteiger partial charge in [0.2, 0.25) is 11.8 Å². The highest BCUT2D eigenvalue weighted by Crippen LogP contribution is 2.47. The summed E-state index contributed by atoms with van der Waals surface area (Å²) < 4.78 is 11.0. The van der Waals surface area contributed by atoms with E-state index in [1.807, 2.05) is 18.2 Å². The highest BCUT2D eigenvalue weighted by molar-refractivity contribution is 5.72. The molecule has 0 spiro atoms. The summed E-state index contributed by atoms with van der Waals surface area (Å²) in [6.07, 6.45) is 0. The average Bonchev–Trinajstić information content (AvgIpc) is 3.16. The first-order valence-corrected chi connectivity index (χ1v) is 8.58.